The molecule has 3 amide bonds. The molecule has 0 bridgehead atoms. The summed E-state index contributed by atoms with van der Waals surface area (Å²) >= 11 is 5.84. The number of rotatable bonds is 3. The van der Waals surface area contributed by atoms with Crippen LogP contribution < -0.4 is 11.1 Å². The number of nitrogens with one attached hydrogen (secondary N) is 1. The summed E-state index contributed by atoms with van der Waals surface area (Å²) in [6, 6.07) is 4.48. The number of hydrogen-bond acceptors (Lipinski definition) is 3. The summed E-state index contributed by atoms with van der Waals surface area (Å²) in [5.41, 5.74) is 4.28. The highest BCUT2D eigenvalue weighted by molar-refractivity contribution is 6.30. The fourth-order valence-electron chi connectivity index (χ4n) is 3.27. The lowest BCUT2D eigenvalue weighted by Gasteiger charge is -2.38. The molecule has 3 N–H and O–H groups in total. The Bertz CT molecular complexity index is 954. The van der Waals surface area contributed by atoms with Gasteiger partial charge < -0.3 is 16.0 Å². The molecule has 0 aliphatic carbocycles. The molecule has 0 saturated carbocycles. The van der Waals surface area contributed by atoms with Crippen LogP contribution in [-0.2, 0) is 11.0 Å². The molecule has 1 saturated heterocycles. The highest BCUT2D eigenvalue weighted by Crippen LogP contribution is 2.35. The maximum absolute atomic E-state index is 13.6. The van der Waals surface area contributed by atoms with E-state index in [-0.39, 0.29) is 29.4 Å². The molecule has 0 radical (unpaired) electrons. The van der Waals surface area contributed by atoms with Crippen LogP contribution >= 0.6 is 11.6 Å². The molecule has 2 atom stereocenters. The second-order valence-electron chi connectivity index (χ2n) is 6.36. The van der Waals surface area contributed by atoms with Gasteiger partial charge in [-0.2, -0.15) is 13.2 Å². The second kappa shape index (κ2) is 7.86. The van der Waals surface area contributed by atoms with E-state index in [2.05, 4.69) is 10.3 Å². The zero-order valence-corrected chi connectivity index (χ0v) is 15.5. The van der Waals surface area contributed by atoms with Crippen molar-refractivity contribution in [2.45, 2.75) is 18.1 Å². The van der Waals surface area contributed by atoms with Gasteiger partial charge in [-0.25, -0.2) is 14.2 Å². The van der Waals surface area contributed by atoms with Crippen molar-refractivity contribution >= 4 is 23.5 Å². The van der Waals surface area contributed by atoms with Crippen molar-refractivity contribution in [2.75, 3.05) is 13.1 Å². The van der Waals surface area contributed by atoms with Crippen LogP contribution in [0.3, 0.4) is 0 Å². The van der Waals surface area contributed by atoms with Crippen LogP contribution in [0.15, 0.2) is 36.4 Å². The largest absolute Gasteiger partial charge is 0.433 e. The molecule has 3 rings (SSSR count). The van der Waals surface area contributed by atoms with Gasteiger partial charge in [0.2, 0.25) is 5.91 Å². The van der Waals surface area contributed by atoms with Gasteiger partial charge in [-0.3, -0.25) is 4.79 Å². The van der Waals surface area contributed by atoms with E-state index in [1.54, 1.807) is 0 Å². The third kappa shape index (κ3) is 4.26. The predicted molar refractivity (Wildman–Crippen MR) is 95.6 cm³/mol. The van der Waals surface area contributed by atoms with Gasteiger partial charge in [-0.15, -0.1) is 0 Å². The summed E-state index contributed by atoms with van der Waals surface area (Å²) < 4.78 is 53.2. The van der Waals surface area contributed by atoms with Crippen LogP contribution in [0.2, 0.25) is 5.02 Å². The fraction of sp³-hybridized carbons (Fsp3) is 0.278. The summed E-state index contributed by atoms with van der Waals surface area (Å²) in [6.45, 7) is 0.182. The van der Waals surface area contributed by atoms with E-state index in [1.165, 1.54) is 18.2 Å². The van der Waals surface area contributed by atoms with Crippen LogP contribution in [0.4, 0.5) is 22.4 Å². The van der Waals surface area contributed by atoms with E-state index in [0.717, 1.165) is 23.1 Å². The smallest absolute Gasteiger partial charge is 0.352 e. The minimum Gasteiger partial charge on any atom is -0.352 e. The van der Waals surface area contributed by atoms with Crippen LogP contribution in [0, 0.1) is 5.82 Å². The fourth-order valence-corrected chi connectivity index (χ4v) is 3.46. The summed E-state index contributed by atoms with van der Waals surface area (Å²) in [6.07, 6.45) is -4.72. The van der Waals surface area contributed by atoms with E-state index < -0.39 is 41.6 Å². The monoisotopic (exact) mass is 430 g/mol. The molecule has 1 aliphatic rings. The molecule has 11 heteroatoms. The third-order valence-corrected chi connectivity index (χ3v) is 4.83. The highest BCUT2D eigenvalue weighted by atomic mass is 35.5. The van der Waals surface area contributed by atoms with Crippen molar-refractivity contribution in [1.29, 1.82) is 0 Å². The van der Waals surface area contributed by atoms with Gasteiger partial charge in [-0.1, -0.05) is 23.7 Å². The number of hydrogen-bond donors (Lipinski definition) is 2. The normalized spacial score (nSPS) is 18.3. The van der Waals surface area contributed by atoms with Gasteiger partial charge in [-0.05, 0) is 29.8 Å². The Balaban J connectivity index is 2.20. The van der Waals surface area contributed by atoms with Crippen molar-refractivity contribution in [3.8, 4) is 0 Å². The van der Waals surface area contributed by atoms with Gasteiger partial charge in [0.15, 0.2) is 0 Å². The van der Waals surface area contributed by atoms with E-state index >= 15 is 0 Å². The number of carbonyl (C=O) groups excluding carboxylic acids is 2. The van der Waals surface area contributed by atoms with Gasteiger partial charge in [0.05, 0.1) is 16.6 Å². The Morgan fingerprint density at radius 3 is 2.66 bits per heavy atom. The number of carbonyl (C=O) groups is 2. The average Bonchev–Trinajstić information content (AvgIpc) is 2.65. The van der Waals surface area contributed by atoms with Crippen LogP contribution in [0.1, 0.15) is 22.9 Å². The number of primary amides is 1. The van der Waals surface area contributed by atoms with Gasteiger partial charge in [0.1, 0.15) is 17.6 Å². The number of alkyl halides is 3. The number of halogens is 5. The lowest BCUT2D eigenvalue weighted by atomic mass is 9.85. The lowest BCUT2D eigenvalue weighted by molar-refractivity contribution is -0.141. The maximum Gasteiger partial charge on any atom is 0.433 e. The predicted octanol–water partition coefficient (Wildman–Crippen LogP) is 2.90. The standard InChI is InChI=1S/C18H15ClF4N4O2/c19-10-8-9(4-5-11(10)20)14(12-2-1-3-13(26-12)18(21,22)23)15-16(28)25-6-7-27(15)17(24)29/h1-5,8,14-15H,6-7H2,(H2,24,29)(H,25,28)/t14-,15?/m1/s1. The molecule has 2 aromatic rings. The minimum atomic E-state index is -4.72. The first kappa shape index (κ1) is 20.8. The van der Waals surface area contributed by atoms with Crippen molar-refractivity contribution in [1.82, 2.24) is 15.2 Å². The Labute approximate surface area is 167 Å². The molecule has 2 heterocycles. The molecular formula is C18H15ClF4N4O2. The van der Waals surface area contributed by atoms with Gasteiger partial charge in [0.25, 0.3) is 0 Å². The van der Waals surface area contributed by atoms with Crippen molar-refractivity contribution in [3.63, 3.8) is 0 Å². The molecule has 1 fully saturated rings. The number of benzene rings is 1. The summed E-state index contributed by atoms with van der Waals surface area (Å²) in [7, 11) is 0. The first-order valence-electron chi connectivity index (χ1n) is 8.42. The van der Waals surface area contributed by atoms with Crippen LogP contribution in [-0.4, -0.2) is 41.0 Å². The SMILES string of the molecule is NC(=O)N1CCNC(=O)C1[C@H](c1ccc(F)c(Cl)c1)c1cccc(C(F)(F)F)n1. The first-order chi connectivity index (χ1) is 13.6. The molecule has 1 aromatic heterocycles. The van der Waals surface area contributed by atoms with Gasteiger partial charge in [0, 0.05) is 13.1 Å². The molecule has 154 valence electrons. The number of nitrogens with two attached hydrogens (primary N) is 1. The Kier molecular flexibility index (Phi) is 5.65. The third-order valence-electron chi connectivity index (χ3n) is 4.54. The maximum atomic E-state index is 13.6. The number of piperazine rings is 1. The van der Waals surface area contributed by atoms with Crippen molar-refractivity contribution < 1.29 is 27.2 Å². The average molecular weight is 431 g/mol. The number of nitrogens with zero attached hydrogens (tertiary/aromatic N) is 2. The molecule has 6 nitrogen and oxygen atoms in total. The Hall–Kier alpha value is -2.88. The van der Waals surface area contributed by atoms with E-state index in [9.17, 15) is 27.2 Å². The van der Waals surface area contributed by atoms with E-state index in [1.807, 2.05) is 0 Å². The summed E-state index contributed by atoms with van der Waals surface area (Å²) in [4.78, 5) is 29.2. The second-order valence-corrected chi connectivity index (χ2v) is 6.77. The van der Waals surface area contributed by atoms with Gasteiger partial charge >= 0.3 is 12.2 Å². The molecule has 1 aliphatic heterocycles. The highest BCUT2D eigenvalue weighted by Gasteiger charge is 2.42. The Morgan fingerprint density at radius 2 is 2.03 bits per heavy atom. The summed E-state index contributed by atoms with van der Waals surface area (Å²) in [5, 5.41) is 2.27. The van der Waals surface area contributed by atoms with E-state index in [0.29, 0.717) is 0 Å². The van der Waals surface area contributed by atoms with Crippen molar-refractivity contribution in [2.24, 2.45) is 5.73 Å². The number of pyridine rings is 1. The minimum absolute atomic E-state index is 0.0517. The topological polar surface area (TPSA) is 88.3 Å². The quantitative estimate of drug-likeness (QED) is 0.734. The van der Waals surface area contributed by atoms with Crippen LogP contribution in [0.5, 0.6) is 0 Å². The zero-order valence-electron chi connectivity index (χ0n) is 14.7. The molecule has 29 heavy (non-hydrogen) atoms. The summed E-state index contributed by atoms with van der Waals surface area (Å²) in [5.74, 6) is -2.53. The van der Waals surface area contributed by atoms with Crippen molar-refractivity contribution in [3.05, 3.63) is 64.2 Å². The number of aromatic nitrogens is 1. The molecule has 1 unspecified atom stereocenters. The number of amides is 3. The first-order valence-corrected chi connectivity index (χ1v) is 8.80. The molecule has 0 spiro atoms. The molecule has 1 aromatic carbocycles. The van der Waals surface area contributed by atoms with Crippen LogP contribution in [0.25, 0.3) is 0 Å². The van der Waals surface area contributed by atoms with E-state index in [4.69, 9.17) is 17.3 Å². The Morgan fingerprint density at radius 1 is 1.31 bits per heavy atom. The zero-order chi connectivity index (χ0) is 21.3. The molecular weight excluding hydrogens is 416 g/mol. The number of urea groups is 1. The lowest BCUT2D eigenvalue weighted by Crippen LogP contribution is -2.60.